The molecule has 1 atom stereocenters. The van der Waals surface area contributed by atoms with Crippen molar-refractivity contribution in [1.29, 1.82) is 0 Å². The first-order valence-corrected chi connectivity index (χ1v) is 6.64. The topological polar surface area (TPSA) is 65.0 Å². The summed E-state index contributed by atoms with van der Waals surface area (Å²) in [5, 5.41) is 9.40. The lowest BCUT2D eigenvalue weighted by Crippen LogP contribution is -2.20. The van der Waals surface area contributed by atoms with Gasteiger partial charge in [0.1, 0.15) is 11.5 Å². The Labute approximate surface area is 120 Å². The zero-order valence-electron chi connectivity index (χ0n) is 11.0. The highest BCUT2D eigenvalue weighted by atomic mass is 16.7. The Morgan fingerprint density at radius 2 is 1.71 bits per heavy atom. The number of ether oxygens (including phenoxy) is 3. The first-order valence-electron chi connectivity index (χ1n) is 6.64. The summed E-state index contributed by atoms with van der Waals surface area (Å²) >= 11 is 0. The van der Waals surface area contributed by atoms with E-state index in [2.05, 4.69) is 0 Å². The molecular formula is C16H12O5. The first-order chi connectivity index (χ1) is 10.2. The molecule has 0 unspecified atom stereocenters. The van der Waals surface area contributed by atoms with Crippen LogP contribution < -0.4 is 14.2 Å². The zero-order chi connectivity index (χ0) is 14.4. The number of phenols is 1. The van der Waals surface area contributed by atoms with Crippen molar-refractivity contribution in [2.24, 2.45) is 0 Å². The normalized spacial score (nSPS) is 19.0. The summed E-state index contributed by atoms with van der Waals surface area (Å²) in [6.45, 7) is 0.177. The molecule has 0 bridgehead atoms. The monoisotopic (exact) mass is 284 g/mol. The van der Waals surface area contributed by atoms with Crippen molar-refractivity contribution in [3.05, 3.63) is 47.5 Å². The molecule has 2 heterocycles. The molecule has 5 nitrogen and oxygen atoms in total. The van der Waals surface area contributed by atoms with Gasteiger partial charge < -0.3 is 19.3 Å². The quantitative estimate of drug-likeness (QED) is 0.644. The lowest BCUT2D eigenvalue weighted by molar-refractivity contribution is -0.135. The Balaban J connectivity index is 1.83. The van der Waals surface area contributed by atoms with Crippen molar-refractivity contribution >= 4 is 5.97 Å². The van der Waals surface area contributed by atoms with Crippen LogP contribution in [0.5, 0.6) is 23.0 Å². The van der Waals surface area contributed by atoms with Crippen LogP contribution >= 0.6 is 0 Å². The molecule has 0 fully saturated rings. The highest BCUT2D eigenvalue weighted by Crippen LogP contribution is 2.46. The van der Waals surface area contributed by atoms with Gasteiger partial charge in [-0.2, -0.15) is 0 Å². The molecule has 0 radical (unpaired) electrons. The molecule has 2 aromatic carbocycles. The predicted octanol–water partition coefficient (Wildman–Crippen LogP) is 2.56. The molecule has 2 aromatic rings. The number of aromatic hydroxyl groups is 1. The van der Waals surface area contributed by atoms with E-state index in [-0.39, 0.29) is 30.9 Å². The lowest BCUT2D eigenvalue weighted by Gasteiger charge is -2.25. The van der Waals surface area contributed by atoms with Gasteiger partial charge in [0.25, 0.3) is 0 Å². The summed E-state index contributed by atoms with van der Waals surface area (Å²) in [6, 6.07) is 10.4. The van der Waals surface area contributed by atoms with Gasteiger partial charge in [-0.3, -0.25) is 4.79 Å². The first kappa shape index (κ1) is 12.1. The predicted molar refractivity (Wildman–Crippen MR) is 72.8 cm³/mol. The number of rotatable bonds is 1. The van der Waals surface area contributed by atoms with Crippen LogP contribution in [0, 0.1) is 0 Å². The fraction of sp³-hybridized carbons (Fsp3) is 0.188. The molecule has 106 valence electrons. The molecule has 2 aliphatic heterocycles. The minimum Gasteiger partial charge on any atom is -0.508 e. The Morgan fingerprint density at radius 3 is 2.48 bits per heavy atom. The maximum Gasteiger partial charge on any atom is 0.312 e. The lowest BCUT2D eigenvalue weighted by atomic mass is 9.86. The van der Waals surface area contributed by atoms with Crippen LogP contribution in [0.25, 0.3) is 0 Å². The van der Waals surface area contributed by atoms with E-state index in [4.69, 9.17) is 14.2 Å². The third-order valence-corrected chi connectivity index (χ3v) is 3.77. The summed E-state index contributed by atoms with van der Waals surface area (Å²) in [5.41, 5.74) is 1.84. The third kappa shape index (κ3) is 1.98. The smallest absolute Gasteiger partial charge is 0.312 e. The third-order valence-electron chi connectivity index (χ3n) is 3.77. The molecule has 0 saturated heterocycles. The summed E-state index contributed by atoms with van der Waals surface area (Å²) in [4.78, 5) is 11.8. The van der Waals surface area contributed by atoms with Crippen LogP contribution in [0.2, 0.25) is 0 Å². The van der Waals surface area contributed by atoms with Crippen molar-refractivity contribution in [3.8, 4) is 23.0 Å². The molecule has 0 saturated carbocycles. The average molecular weight is 284 g/mol. The summed E-state index contributed by atoms with van der Waals surface area (Å²) in [7, 11) is 0. The number of hydrogen-bond donors (Lipinski definition) is 1. The molecule has 0 amide bonds. The number of esters is 1. The fourth-order valence-electron chi connectivity index (χ4n) is 2.74. The van der Waals surface area contributed by atoms with Gasteiger partial charge in [-0.15, -0.1) is 0 Å². The maximum atomic E-state index is 11.8. The van der Waals surface area contributed by atoms with E-state index in [1.807, 2.05) is 18.2 Å². The second kappa shape index (κ2) is 4.41. The summed E-state index contributed by atoms with van der Waals surface area (Å²) in [6.07, 6.45) is 0.261. The van der Waals surface area contributed by atoms with E-state index >= 15 is 0 Å². The van der Waals surface area contributed by atoms with Gasteiger partial charge >= 0.3 is 5.97 Å². The van der Waals surface area contributed by atoms with Gasteiger partial charge in [0, 0.05) is 17.5 Å². The van der Waals surface area contributed by atoms with Gasteiger partial charge in [-0.05, 0) is 23.8 Å². The summed E-state index contributed by atoms with van der Waals surface area (Å²) < 4.78 is 16.0. The standard InChI is InChI=1S/C16H12O5/c17-10-3-1-9(2-4-10)11-6-16(18)21-13-7-15-14(5-12(11)13)19-8-20-15/h1-5,7,11,17H,6,8H2/t11-/m1/s1. The maximum absolute atomic E-state index is 11.8. The minimum atomic E-state index is -0.278. The van der Waals surface area contributed by atoms with Crippen molar-refractivity contribution < 1.29 is 24.1 Å². The second-order valence-corrected chi connectivity index (χ2v) is 5.07. The van der Waals surface area contributed by atoms with Gasteiger partial charge in [0.15, 0.2) is 11.5 Å². The molecular weight excluding hydrogens is 272 g/mol. The van der Waals surface area contributed by atoms with E-state index in [1.54, 1.807) is 18.2 Å². The van der Waals surface area contributed by atoms with Crippen molar-refractivity contribution in [2.45, 2.75) is 12.3 Å². The molecule has 21 heavy (non-hydrogen) atoms. The fourth-order valence-corrected chi connectivity index (χ4v) is 2.74. The van der Waals surface area contributed by atoms with E-state index in [9.17, 15) is 9.90 Å². The van der Waals surface area contributed by atoms with Gasteiger partial charge in [0.2, 0.25) is 6.79 Å². The van der Waals surface area contributed by atoms with E-state index in [0.717, 1.165) is 11.1 Å². The highest BCUT2D eigenvalue weighted by Gasteiger charge is 2.31. The minimum absolute atomic E-state index is 0.114. The molecule has 4 rings (SSSR count). The molecule has 0 spiro atoms. The number of hydrogen-bond acceptors (Lipinski definition) is 5. The number of phenolic OH excluding ortho intramolecular Hbond substituents is 1. The van der Waals surface area contributed by atoms with Crippen LogP contribution in [-0.2, 0) is 4.79 Å². The second-order valence-electron chi connectivity index (χ2n) is 5.07. The zero-order valence-corrected chi connectivity index (χ0v) is 11.0. The van der Waals surface area contributed by atoms with Crippen molar-refractivity contribution in [2.75, 3.05) is 6.79 Å². The summed E-state index contributed by atoms with van der Waals surface area (Å²) in [5.74, 6) is 1.57. The van der Waals surface area contributed by atoms with Crippen LogP contribution in [0.3, 0.4) is 0 Å². The Morgan fingerprint density at radius 1 is 1.00 bits per heavy atom. The highest BCUT2D eigenvalue weighted by molar-refractivity contribution is 5.78. The van der Waals surface area contributed by atoms with Crippen LogP contribution in [0.1, 0.15) is 23.5 Å². The van der Waals surface area contributed by atoms with Gasteiger partial charge in [-0.25, -0.2) is 0 Å². The number of fused-ring (bicyclic) bond motifs is 2. The van der Waals surface area contributed by atoms with E-state index in [1.165, 1.54) is 0 Å². The molecule has 5 heteroatoms. The Bertz CT molecular complexity index is 720. The molecule has 2 aliphatic rings. The molecule has 0 aliphatic carbocycles. The Kier molecular flexibility index (Phi) is 2.54. The van der Waals surface area contributed by atoms with Crippen molar-refractivity contribution in [3.63, 3.8) is 0 Å². The van der Waals surface area contributed by atoms with E-state index in [0.29, 0.717) is 17.2 Å². The van der Waals surface area contributed by atoms with Crippen molar-refractivity contribution in [1.82, 2.24) is 0 Å². The SMILES string of the molecule is O=C1C[C@H](c2ccc(O)cc2)c2cc3c(cc2O1)OCO3. The number of carbonyl (C=O) groups excluding carboxylic acids is 1. The van der Waals surface area contributed by atoms with Crippen LogP contribution in [0.15, 0.2) is 36.4 Å². The Hall–Kier alpha value is -2.69. The number of benzene rings is 2. The van der Waals surface area contributed by atoms with Gasteiger partial charge in [-0.1, -0.05) is 12.1 Å². The van der Waals surface area contributed by atoms with E-state index < -0.39 is 0 Å². The van der Waals surface area contributed by atoms with Crippen LogP contribution in [-0.4, -0.2) is 17.9 Å². The van der Waals surface area contributed by atoms with Crippen LogP contribution in [0.4, 0.5) is 0 Å². The number of carbonyl (C=O) groups is 1. The van der Waals surface area contributed by atoms with Gasteiger partial charge in [0.05, 0.1) is 6.42 Å². The average Bonchev–Trinajstić information content (AvgIpc) is 2.92. The largest absolute Gasteiger partial charge is 0.508 e. The molecule has 1 N–H and O–H groups in total. The molecule has 0 aromatic heterocycles.